The number of alkyl carbamates (subject to hydrolysis) is 1. The number of hydrogen-bond acceptors (Lipinski definition) is 4. The lowest BCUT2D eigenvalue weighted by Crippen LogP contribution is -2.49. The van der Waals surface area contributed by atoms with Gasteiger partial charge in [-0.15, -0.1) is 0 Å². The van der Waals surface area contributed by atoms with E-state index in [0.717, 1.165) is 44.1 Å². The van der Waals surface area contributed by atoms with Crippen LogP contribution in [0.25, 0.3) is 0 Å². The molecular weight excluding hydrogens is 330 g/mol. The van der Waals surface area contributed by atoms with Gasteiger partial charge in [-0.2, -0.15) is 5.26 Å². The third-order valence-electron chi connectivity index (χ3n) is 5.31. The Balaban J connectivity index is 1.49. The van der Waals surface area contributed by atoms with Crippen molar-refractivity contribution in [3.8, 4) is 6.07 Å². The molecule has 6 heteroatoms. The molecule has 1 aromatic rings. The molecule has 2 aliphatic rings. The molecule has 138 valence electrons. The van der Waals surface area contributed by atoms with Crippen molar-refractivity contribution < 1.29 is 14.3 Å². The molecule has 6 nitrogen and oxygen atoms in total. The van der Waals surface area contributed by atoms with Crippen molar-refractivity contribution in [3.63, 3.8) is 0 Å². The molecule has 2 amide bonds. The Morgan fingerprint density at radius 3 is 2.62 bits per heavy atom. The van der Waals surface area contributed by atoms with Crippen LogP contribution in [0.2, 0.25) is 0 Å². The summed E-state index contributed by atoms with van der Waals surface area (Å²) in [7, 11) is 0. The zero-order chi connectivity index (χ0) is 18.4. The largest absolute Gasteiger partial charge is 0.445 e. The predicted octanol–water partition coefficient (Wildman–Crippen LogP) is 2.89. The van der Waals surface area contributed by atoms with Crippen LogP contribution >= 0.6 is 0 Å². The average molecular weight is 355 g/mol. The molecule has 0 saturated heterocycles. The van der Waals surface area contributed by atoms with Gasteiger partial charge < -0.3 is 15.4 Å². The normalized spacial score (nSPS) is 23.3. The maximum absolute atomic E-state index is 12.5. The molecule has 0 spiro atoms. The molecule has 0 heterocycles. The summed E-state index contributed by atoms with van der Waals surface area (Å²) in [5, 5.41) is 14.9. The third-order valence-corrected chi connectivity index (χ3v) is 5.31. The van der Waals surface area contributed by atoms with Crippen molar-refractivity contribution in [3.05, 3.63) is 35.9 Å². The van der Waals surface area contributed by atoms with Gasteiger partial charge in [0.15, 0.2) is 0 Å². The lowest BCUT2D eigenvalue weighted by molar-refractivity contribution is -0.126. The highest BCUT2D eigenvalue weighted by Gasteiger charge is 2.44. The van der Waals surface area contributed by atoms with Crippen molar-refractivity contribution >= 4 is 12.0 Å². The van der Waals surface area contributed by atoms with Gasteiger partial charge in [-0.05, 0) is 31.2 Å². The highest BCUT2D eigenvalue weighted by molar-refractivity contribution is 5.80. The van der Waals surface area contributed by atoms with Gasteiger partial charge in [-0.1, -0.05) is 43.2 Å². The number of nitrogens with one attached hydrogen (secondary N) is 2. The van der Waals surface area contributed by atoms with E-state index in [1.54, 1.807) is 0 Å². The first-order valence-corrected chi connectivity index (χ1v) is 9.28. The van der Waals surface area contributed by atoms with E-state index >= 15 is 0 Å². The summed E-state index contributed by atoms with van der Waals surface area (Å²) >= 11 is 0. The van der Waals surface area contributed by atoms with Crippen LogP contribution in [-0.4, -0.2) is 24.6 Å². The number of carbonyl (C=O) groups excluding carboxylic acids is 2. The Morgan fingerprint density at radius 2 is 1.92 bits per heavy atom. The molecule has 2 atom stereocenters. The van der Waals surface area contributed by atoms with Crippen molar-refractivity contribution in [2.45, 2.75) is 51.2 Å². The fraction of sp³-hybridized carbons (Fsp3) is 0.550. The minimum absolute atomic E-state index is 0.0698. The van der Waals surface area contributed by atoms with Crippen LogP contribution in [0.5, 0.6) is 0 Å². The van der Waals surface area contributed by atoms with Crippen LogP contribution in [0.3, 0.4) is 0 Å². The summed E-state index contributed by atoms with van der Waals surface area (Å²) in [5.41, 5.74) is 0.564. The highest BCUT2D eigenvalue weighted by Crippen LogP contribution is 2.44. The summed E-state index contributed by atoms with van der Waals surface area (Å²) < 4.78 is 5.28. The molecule has 2 aliphatic carbocycles. The zero-order valence-electron chi connectivity index (χ0n) is 14.9. The topological polar surface area (TPSA) is 91.2 Å². The van der Waals surface area contributed by atoms with E-state index in [2.05, 4.69) is 16.7 Å². The van der Waals surface area contributed by atoms with Crippen LogP contribution in [0.4, 0.5) is 4.79 Å². The third kappa shape index (κ3) is 4.75. The summed E-state index contributed by atoms with van der Waals surface area (Å²) in [6.45, 7) is 0.616. The van der Waals surface area contributed by atoms with Crippen LogP contribution in [0.15, 0.2) is 30.3 Å². The molecule has 3 rings (SSSR count). The van der Waals surface area contributed by atoms with Gasteiger partial charge in [0.05, 0.1) is 17.4 Å². The van der Waals surface area contributed by atoms with Gasteiger partial charge in [0.1, 0.15) is 6.61 Å². The van der Waals surface area contributed by atoms with Gasteiger partial charge in [0.25, 0.3) is 0 Å². The van der Waals surface area contributed by atoms with Crippen LogP contribution in [0, 0.1) is 22.7 Å². The molecule has 2 fully saturated rings. The Hall–Kier alpha value is -2.55. The van der Waals surface area contributed by atoms with Crippen molar-refractivity contribution in [2.24, 2.45) is 11.3 Å². The predicted molar refractivity (Wildman–Crippen MR) is 95.8 cm³/mol. The number of hydrogen-bond donors (Lipinski definition) is 2. The average Bonchev–Trinajstić information content (AvgIpc) is 3.46. The van der Waals surface area contributed by atoms with E-state index in [0.29, 0.717) is 6.54 Å². The number of ether oxygens (including phenoxy) is 1. The number of benzene rings is 1. The van der Waals surface area contributed by atoms with Crippen molar-refractivity contribution in [1.82, 2.24) is 10.6 Å². The monoisotopic (exact) mass is 355 g/mol. The second kappa shape index (κ2) is 8.22. The lowest BCUT2D eigenvalue weighted by atomic mass is 9.84. The lowest BCUT2D eigenvalue weighted by Gasteiger charge is -2.31. The molecule has 26 heavy (non-hydrogen) atoms. The van der Waals surface area contributed by atoms with Gasteiger partial charge >= 0.3 is 6.09 Å². The van der Waals surface area contributed by atoms with Crippen LogP contribution < -0.4 is 10.6 Å². The molecule has 0 aliphatic heterocycles. The fourth-order valence-electron chi connectivity index (χ4n) is 3.40. The Bertz CT molecular complexity index is 679. The number of carbonyl (C=O) groups is 2. The van der Waals surface area contributed by atoms with E-state index in [-0.39, 0.29) is 29.9 Å². The highest BCUT2D eigenvalue weighted by atomic mass is 16.5. The van der Waals surface area contributed by atoms with Gasteiger partial charge in [0, 0.05) is 12.6 Å². The minimum Gasteiger partial charge on any atom is -0.445 e. The quantitative estimate of drug-likeness (QED) is 0.821. The van der Waals surface area contributed by atoms with Gasteiger partial charge in [-0.3, -0.25) is 4.79 Å². The second-order valence-electron chi connectivity index (χ2n) is 7.31. The first-order chi connectivity index (χ1) is 12.6. The number of rotatable bonds is 6. The molecule has 2 saturated carbocycles. The summed E-state index contributed by atoms with van der Waals surface area (Å²) in [4.78, 5) is 24.7. The molecule has 1 aromatic carbocycles. The number of nitriles is 1. The van der Waals surface area contributed by atoms with Gasteiger partial charge in [-0.25, -0.2) is 4.79 Å². The standard InChI is InChI=1S/C20H25N3O3/c21-13-20(10-11-20)14-22-18(24)16-8-4-5-9-17(16)23-19(25)26-12-15-6-2-1-3-7-15/h1-3,6-7,16-17H,4-5,8-12,14H2,(H,22,24)(H,23,25). The molecular formula is C20H25N3O3. The maximum Gasteiger partial charge on any atom is 0.407 e. The smallest absolute Gasteiger partial charge is 0.407 e. The Labute approximate surface area is 153 Å². The van der Waals surface area contributed by atoms with E-state index in [1.807, 2.05) is 30.3 Å². The maximum atomic E-state index is 12.5. The van der Waals surface area contributed by atoms with Crippen molar-refractivity contribution in [1.29, 1.82) is 5.26 Å². The Morgan fingerprint density at radius 1 is 1.19 bits per heavy atom. The first kappa shape index (κ1) is 18.2. The number of amides is 2. The molecule has 2 N–H and O–H groups in total. The molecule has 2 unspecified atom stereocenters. The van der Waals surface area contributed by atoms with Crippen molar-refractivity contribution in [2.75, 3.05) is 6.54 Å². The zero-order valence-corrected chi connectivity index (χ0v) is 14.9. The second-order valence-corrected chi connectivity index (χ2v) is 7.31. The van der Waals surface area contributed by atoms with E-state index in [4.69, 9.17) is 10.00 Å². The van der Waals surface area contributed by atoms with E-state index < -0.39 is 6.09 Å². The fourth-order valence-corrected chi connectivity index (χ4v) is 3.40. The summed E-state index contributed by atoms with van der Waals surface area (Å²) in [5.74, 6) is -0.331. The minimum atomic E-state index is -0.491. The Kier molecular flexibility index (Phi) is 5.77. The molecule has 0 radical (unpaired) electrons. The first-order valence-electron chi connectivity index (χ1n) is 9.28. The van der Waals surface area contributed by atoms with E-state index in [1.165, 1.54) is 0 Å². The molecule has 0 bridgehead atoms. The number of nitrogens with zero attached hydrogens (tertiary/aromatic N) is 1. The van der Waals surface area contributed by atoms with Crippen LogP contribution in [0.1, 0.15) is 44.1 Å². The van der Waals surface area contributed by atoms with Gasteiger partial charge in [0.2, 0.25) is 5.91 Å². The molecule has 0 aromatic heterocycles. The SMILES string of the molecule is N#CC1(CNC(=O)C2CCCCC2NC(=O)OCc2ccccc2)CC1. The summed E-state index contributed by atoms with van der Waals surface area (Å²) in [6.07, 6.45) is 4.67. The summed E-state index contributed by atoms with van der Waals surface area (Å²) in [6, 6.07) is 11.6. The van der Waals surface area contributed by atoms with E-state index in [9.17, 15) is 9.59 Å². The van der Waals surface area contributed by atoms with Crippen LogP contribution in [-0.2, 0) is 16.1 Å².